The molecule has 2 aliphatic carbocycles. The molecule has 552 valence electrons. The first-order valence-corrected chi connectivity index (χ1v) is 40.4. The van der Waals surface area contributed by atoms with Gasteiger partial charge in [-0.2, -0.15) is 0 Å². The molecule has 0 saturated carbocycles. The zero-order chi connectivity index (χ0) is 77.9. The number of anilines is 9. The lowest BCUT2D eigenvalue weighted by Crippen LogP contribution is -2.29. The molecule has 0 N–H and O–H groups in total. The molecular formula is C114H81N3. The van der Waals surface area contributed by atoms with Crippen LogP contribution in [0, 0.1) is 0 Å². The highest BCUT2D eigenvalue weighted by atomic mass is 15.2. The summed E-state index contributed by atoms with van der Waals surface area (Å²) in [6.07, 6.45) is 0. The van der Waals surface area contributed by atoms with Gasteiger partial charge in [-0.25, -0.2) is 0 Å². The molecule has 0 atom stereocenters. The highest BCUT2D eigenvalue weighted by Crippen LogP contribution is 2.60. The maximum Gasteiger partial charge on any atom is 0.0714 e. The Balaban J connectivity index is 0.000000152. The zero-order valence-corrected chi connectivity index (χ0v) is 64.6. The van der Waals surface area contributed by atoms with Crippen molar-refractivity contribution in [2.75, 3.05) is 14.7 Å². The molecule has 0 unspecified atom stereocenters. The van der Waals surface area contributed by atoms with E-state index in [1.165, 1.54) is 122 Å². The highest BCUT2D eigenvalue weighted by Gasteiger charge is 2.48. The van der Waals surface area contributed by atoms with Gasteiger partial charge in [0.25, 0.3) is 0 Å². The molecule has 2 aliphatic rings. The Labute approximate surface area is 685 Å². The van der Waals surface area contributed by atoms with Crippen LogP contribution >= 0.6 is 0 Å². The summed E-state index contributed by atoms with van der Waals surface area (Å²) in [5.74, 6) is 0. The Hall–Kier alpha value is -15.2. The van der Waals surface area contributed by atoms with Crippen molar-refractivity contribution in [2.24, 2.45) is 0 Å². The second-order valence-corrected chi connectivity index (χ2v) is 30.2. The van der Waals surface area contributed by atoms with E-state index in [0.29, 0.717) is 0 Å². The third kappa shape index (κ3) is 12.9. The van der Waals surface area contributed by atoms with Crippen molar-refractivity contribution in [1.29, 1.82) is 0 Å². The van der Waals surface area contributed by atoms with E-state index in [2.05, 4.69) is 506 Å². The van der Waals surface area contributed by atoms with E-state index >= 15 is 0 Å². The van der Waals surface area contributed by atoms with E-state index in [1.807, 2.05) is 0 Å². The Bertz CT molecular complexity index is 6330. The topological polar surface area (TPSA) is 9.72 Å². The fourth-order valence-corrected chi connectivity index (χ4v) is 18.4. The van der Waals surface area contributed by atoms with Gasteiger partial charge < -0.3 is 14.7 Å². The van der Waals surface area contributed by atoms with Crippen molar-refractivity contribution in [3.8, 4) is 66.8 Å². The van der Waals surface area contributed by atoms with Crippen LogP contribution in [-0.2, 0) is 10.8 Å². The molecule has 0 aromatic heterocycles. The average molecular weight is 1490 g/mol. The highest BCUT2D eigenvalue weighted by molar-refractivity contribution is 6.00. The van der Waals surface area contributed by atoms with Crippen LogP contribution in [0.2, 0.25) is 0 Å². The predicted molar refractivity (Wildman–Crippen MR) is 491 cm³/mol. The molecule has 3 heteroatoms. The van der Waals surface area contributed by atoms with Crippen molar-refractivity contribution >= 4 is 62.0 Å². The van der Waals surface area contributed by atoms with Gasteiger partial charge in [0.1, 0.15) is 0 Å². The first kappa shape index (κ1) is 70.9. The Morgan fingerprint density at radius 1 is 0.145 bits per heavy atom. The van der Waals surface area contributed by atoms with Crippen molar-refractivity contribution in [3.63, 3.8) is 0 Å². The summed E-state index contributed by atoms with van der Waals surface area (Å²) in [6, 6.07) is 179. The van der Waals surface area contributed by atoms with Crippen LogP contribution in [0.4, 0.5) is 51.2 Å². The molecule has 0 saturated heterocycles. The van der Waals surface area contributed by atoms with Crippen molar-refractivity contribution in [3.05, 3.63) is 536 Å². The molecule has 19 aromatic rings. The molecular weight excluding hydrogens is 1410 g/mol. The quantitative estimate of drug-likeness (QED) is 0.0900. The van der Waals surface area contributed by atoms with Crippen LogP contribution in [0.1, 0.15) is 44.5 Å². The molecule has 0 amide bonds. The molecule has 19 aromatic carbocycles. The fourth-order valence-electron chi connectivity index (χ4n) is 18.4. The largest absolute Gasteiger partial charge is 0.311 e. The van der Waals surface area contributed by atoms with Gasteiger partial charge in [0.05, 0.1) is 22.2 Å². The number of nitrogens with zero attached hydrogens (tertiary/aromatic N) is 3. The fraction of sp³-hybridized carbons (Fsp3) is 0.0175. The second kappa shape index (κ2) is 31.1. The predicted octanol–water partition coefficient (Wildman–Crippen LogP) is 30.3. The summed E-state index contributed by atoms with van der Waals surface area (Å²) in [5, 5.41) is 2.44. The summed E-state index contributed by atoms with van der Waals surface area (Å²) in [5.41, 5.74) is 33.7. The van der Waals surface area contributed by atoms with E-state index in [1.54, 1.807) is 0 Å². The van der Waals surface area contributed by atoms with Crippen LogP contribution < -0.4 is 14.7 Å². The normalized spacial score (nSPS) is 12.4. The molecule has 117 heavy (non-hydrogen) atoms. The molecule has 0 aliphatic heterocycles. The van der Waals surface area contributed by atoms with Crippen LogP contribution in [0.3, 0.4) is 0 Å². The molecule has 0 radical (unpaired) electrons. The monoisotopic (exact) mass is 1490 g/mol. The van der Waals surface area contributed by atoms with E-state index < -0.39 is 10.8 Å². The molecule has 21 rings (SSSR count). The van der Waals surface area contributed by atoms with E-state index in [4.69, 9.17) is 0 Å². The third-order valence-electron chi connectivity index (χ3n) is 23.7. The van der Waals surface area contributed by atoms with Gasteiger partial charge in [-0.3, -0.25) is 0 Å². The van der Waals surface area contributed by atoms with E-state index in [0.717, 1.165) is 51.2 Å². The Kier molecular flexibility index (Phi) is 18.8. The maximum atomic E-state index is 2.51. The summed E-state index contributed by atoms with van der Waals surface area (Å²) in [6.45, 7) is 0. The zero-order valence-electron chi connectivity index (χ0n) is 64.6. The minimum atomic E-state index is -0.537. The summed E-state index contributed by atoms with van der Waals surface area (Å²) >= 11 is 0. The standard InChI is InChI=1S/C62H43N.C52H38N2/c1-6-22-44(23-7-1)51-32-18-21-37-60(51)63(49-38-40-54-52-33-16-19-35-56(52)61(58(54)42-49,45-24-8-2-9-25-45)46-26-10-3-11-27-46)50-39-41-55-53-34-17-20-36-57(53)62(59(55)43-50,47-28-12-4-13-29-47)48-30-14-5-15-31-48;1-4-13-39(14-5-1)41-23-31-47(32-24-41)53(48-33-25-42(26-34-48)40-15-6-2-7-16-40)49-35-27-43(28-36-49)44-29-37-50(38-30-44)54(46-19-8-3-9-20-46)52-22-12-18-45-17-10-11-21-51(45)52/h1-43H;1-38H. The lowest BCUT2D eigenvalue weighted by molar-refractivity contribution is 0.767. The second-order valence-electron chi connectivity index (χ2n) is 30.2. The van der Waals surface area contributed by atoms with Gasteiger partial charge >= 0.3 is 0 Å². The average Bonchev–Trinajstić information content (AvgIpc) is 1.55. The minimum absolute atomic E-state index is 0.537. The van der Waals surface area contributed by atoms with Gasteiger partial charge in [-0.15, -0.1) is 0 Å². The molecule has 0 spiro atoms. The van der Waals surface area contributed by atoms with Gasteiger partial charge in [-0.1, -0.05) is 394 Å². The first-order chi connectivity index (χ1) is 58.1. The van der Waals surface area contributed by atoms with E-state index in [-0.39, 0.29) is 0 Å². The molecule has 3 nitrogen and oxygen atoms in total. The van der Waals surface area contributed by atoms with Gasteiger partial charge in [0, 0.05) is 50.8 Å². The maximum absolute atomic E-state index is 2.51. The molecule has 0 bridgehead atoms. The molecule has 0 fully saturated rings. The van der Waals surface area contributed by atoms with E-state index in [9.17, 15) is 0 Å². The van der Waals surface area contributed by atoms with Crippen LogP contribution in [-0.4, -0.2) is 0 Å². The minimum Gasteiger partial charge on any atom is -0.311 e. The summed E-state index contributed by atoms with van der Waals surface area (Å²) in [7, 11) is 0. The van der Waals surface area contributed by atoms with Crippen LogP contribution in [0.25, 0.3) is 77.5 Å². The lowest BCUT2D eigenvalue weighted by Gasteiger charge is -2.36. The number of hydrogen-bond acceptors (Lipinski definition) is 3. The first-order valence-electron chi connectivity index (χ1n) is 40.4. The number of benzene rings is 19. The number of para-hydroxylation sites is 2. The Morgan fingerprint density at radius 3 is 0.821 bits per heavy atom. The van der Waals surface area contributed by atoms with Crippen LogP contribution in [0.15, 0.2) is 491 Å². The van der Waals surface area contributed by atoms with Crippen LogP contribution in [0.5, 0.6) is 0 Å². The van der Waals surface area contributed by atoms with Gasteiger partial charge in [0.2, 0.25) is 0 Å². The SMILES string of the molecule is c1ccc(-c2ccc(N(c3ccc(-c4ccccc4)cc3)c3ccc(-c4ccc(N(c5ccccc5)c5cccc6ccccc56)cc4)cc3)cc2)cc1.c1ccc(-c2ccccc2N(c2ccc3c(c2)C(c2ccccc2)(c2ccccc2)c2ccccc2-3)c2ccc3c(c2)C(c2ccccc2)(c2ccccc2)c2ccccc2-3)cc1. The summed E-state index contributed by atoms with van der Waals surface area (Å²) in [4.78, 5) is 7.19. The smallest absolute Gasteiger partial charge is 0.0714 e. The number of fused-ring (bicyclic) bond motifs is 7. The van der Waals surface area contributed by atoms with Crippen molar-refractivity contribution in [2.45, 2.75) is 10.8 Å². The van der Waals surface area contributed by atoms with Gasteiger partial charge in [-0.05, 0) is 208 Å². The number of rotatable bonds is 17. The molecule has 0 heterocycles. The third-order valence-corrected chi connectivity index (χ3v) is 23.7. The van der Waals surface area contributed by atoms with Gasteiger partial charge in [0.15, 0.2) is 0 Å². The van der Waals surface area contributed by atoms with Crippen molar-refractivity contribution in [1.82, 2.24) is 0 Å². The summed E-state index contributed by atoms with van der Waals surface area (Å²) < 4.78 is 0. The Morgan fingerprint density at radius 2 is 0.410 bits per heavy atom. The van der Waals surface area contributed by atoms with Crippen molar-refractivity contribution < 1.29 is 0 Å². The number of hydrogen-bond donors (Lipinski definition) is 0. The lowest BCUT2D eigenvalue weighted by atomic mass is 9.67.